The minimum atomic E-state index is 0. The number of ether oxygens (including phenoxy) is 3. The van der Waals surface area contributed by atoms with E-state index in [9.17, 15) is 0 Å². The van der Waals surface area contributed by atoms with E-state index in [4.69, 9.17) is 14.2 Å². The Morgan fingerprint density at radius 3 is 2.32 bits per heavy atom. The van der Waals surface area contributed by atoms with E-state index in [1.807, 2.05) is 18.2 Å². The molecule has 2 unspecified atom stereocenters. The third kappa shape index (κ3) is 8.14. The van der Waals surface area contributed by atoms with Gasteiger partial charge in [-0.15, -0.1) is 12.4 Å². The molecular formula is C29H36ClNO3. The van der Waals surface area contributed by atoms with Crippen LogP contribution in [0.4, 0.5) is 0 Å². The number of benzene rings is 3. The van der Waals surface area contributed by atoms with Gasteiger partial charge in [0, 0.05) is 18.9 Å². The molecule has 0 spiro atoms. The Labute approximate surface area is 210 Å². The van der Waals surface area contributed by atoms with Gasteiger partial charge in [0.1, 0.15) is 5.75 Å². The molecule has 2 atom stereocenters. The number of halogens is 1. The number of nitrogens with one attached hydrogen (secondary N) is 1. The molecule has 3 aromatic rings. The third-order valence-electron chi connectivity index (χ3n) is 6.13. The number of aryl methyl sites for hydroxylation is 1. The molecule has 0 amide bonds. The summed E-state index contributed by atoms with van der Waals surface area (Å²) in [6.07, 6.45) is 2.13. The Kier molecular flexibility index (Phi) is 10.9. The zero-order valence-electron chi connectivity index (χ0n) is 20.0. The van der Waals surface area contributed by atoms with Crippen LogP contribution in [0.15, 0.2) is 78.9 Å². The van der Waals surface area contributed by atoms with Crippen LogP contribution in [0.25, 0.3) is 0 Å². The van der Waals surface area contributed by atoms with E-state index >= 15 is 0 Å². The second-order valence-corrected chi connectivity index (χ2v) is 8.74. The normalized spacial score (nSPS) is 17.7. The summed E-state index contributed by atoms with van der Waals surface area (Å²) >= 11 is 0. The molecule has 5 heteroatoms. The highest BCUT2D eigenvalue weighted by Gasteiger charge is 2.27. The maximum absolute atomic E-state index is 6.33. The summed E-state index contributed by atoms with van der Waals surface area (Å²) in [6, 6.07) is 27.4. The van der Waals surface area contributed by atoms with Crippen molar-refractivity contribution in [1.29, 1.82) is 0 Å². The minimum absolute atomic E-state index is 0. The highest BCUT2D eigenvalue weighted by molar-refractivity contribution is 5.85. The van der Waals surface area contributed by atoms with Crippen molar-refractivity contribution in [3.05, 3.63) is 101 Å². The topological polar surface area (TPSA) is 39.7 Å². The van der Waals surface area contributed by atoms with Crippen LogP contribution in [0.5, 0.6) is 5.75 Å². The van der Waals surface area contributed by atoms with Gasteiger partial charge >= 0.3 is 0 Å². The molecule has 0 saturated carbocycles. The van der Waals surface area contributed by atoms with Gasteiger partial charge in [-0.25, -0.2) is 0 Å². The smallest absolute Gasteiger partial charge is 0.119 e. The summed E-state index contributed by atoms with van der Waals surface area (Å²) in [5, 5.41) is 3.48. The van der Waals surface area contributed by atoms with Crippen LogP contribution >= 0.6 is 12.4 Å². The van der Waals surface area contributed by atoms with Crippen molar-refractivity contribution in [3.8, 4) is 5.75 Å². The van der Waals surface area contributed by atoms with Gasteiger partial charge in [-0.1, -0.05) is 72.3 Å². The summed E-state index contributed by atoms with van der Waals surface area (Å²) in [7, 11) is 0. The highest BCUT2D eigenvalue weighted by atomic mass is 35.5. The average molecular weight is 482 g/mol. The fourth-order valence-corrected chi connectivity index (χ4v) is 4.20. The second kappa shape index (κ2) is 14.1. The van der Waals surface area contributed by atoms with E-state index < -0.39 is 0 Å². The first-order chi connectivity index (χ1) is 16.3. The Morgan fingerprint density at radius 2 is 1.56 bits per heavy atom. The largest absolute Gasteiger partial charge is 0.494 e. The van der Waals surface area contributed by atoms with Crippen LogP contribution in [0.3, 0.4) is 0 Å². The van der Waals surface area contributed by atoms with Crippen molar-refractivity contribution in [2.45, 2.75) is 45.0 Å². The predicted octanol–water partition coefficient (Wildman–Crippen LogP) is 6.06. The molecule has 4 rings (SSSR count). The summed E-state index contributed by atoms with van der Waals surface area (Å²) in [5.41, 5.74) is 5.02. The lowest BCUT2D eigenvalue weighted by atomic mass is 9.87. The molecule has 1 aliphatic rings. The molecule has 1 N–H and O–H groups in total. The Balaban J connectivity index is 0.00000324. The second-order valence-electron chi connectivity index (χ2n) is 8.74. The highest BCUT2D eigenvalue weighted by Crippen LogP contribution is 2.29. The Bertz CT molecular complexity index is 947. The van der Waals surface area contributed by atoms with Gasteiger partial charge in [0.2, 0.25) is 0 Å². The summed E-state index contributed by atoms with van der Waals surface area (Å²) < 4.78 is 18.0. The van der Waals surface area contributed by atoms with E-state index in [0.29, 0.717) is 32.3 Å². The summed E-state index contributed by atoms with van der Waals surface area (Å²) in [5.74, 6) is 1.31. The molecule has 1 aliphatic heterocycles. The van der Waals surface area contributed by atoms with Gasteiger partial charge in [-0.2, -0.15) is 0 Å². The van der Waals surface area contributed by atoms with Crippen molar-refractivity contribution in [3.63, 3.8) is 0 Å². The standard InChI is InChI=1S/C29H35NO3.ClH/c1-23-8-10-25(11-9-23)22-33-29-20-30-17-16-28(29)26-12-14-27(15-13-26)32-19-5-18-31-21-24-6-3-2-4-7-24;/h2-4,6-15,28-30H,5,16-22H2,1H3;1H. The average Bonchev–Trinajstić information content (AvgIpc) is 2.87. The molecule has 182 valence electrons. The first-order valence-corrected chi connectivity index (χ1v) is 12.0. The predicted molar refractivity (Wildman–Crippen MR) is 140 cm³/mol. The molecule has 1 heterocycles. The fourth-order valence-electron chi connectivity index (χ4n) is 4.20. The molecule has 4 nitrogen and oxygen atoms in total. The van der Waals surface area contributed by atoms with Crippen LogP contribution in [0.1, 0.15) is 41.0 Å². The van der Waals surface area contributed by atoms with E-state index in [2.05, 4.69) is 72.9 Å². The fraction of sp³-hybridized carbons (Fsp3) is 0.379. The molecular weight excluding hydrogens is 446 g/mol. The third-order valence-corrected chi connectivity index (χ3v) is 6.13. The van der Waals surface area contributed by atoms with Crippen LogP contribution in [-0.4, -0.2) is 32.4 Å². The monoisotopic (exact) mass is 481 g/mol. The lowest BCUT2D eigenvalue weighted by Gasteiger charge is -2.32. The van der Waals surface area contributed by atoms with Crippen LogP contribution < -0.4 is 10.1 Å². The van der Waals surface area contributed by atoms with Crippen LogP contribution in [0, 0.1) is 6.92 Å². The molecule has 0 aliphatic carbocycles. The molecule has 1 fully saturated rings. The lowest BCUT2D eigenvalue weighted by molar-refractivity contribution is 0.0106. The van der Waals surface area contributed by atoms with Gasteiger partial charge < -0.3 is 19.5 Å². The first-order valence-electron chi connectivity index (χ1n) is 12.0. The van der Waals surface area contributed by atoms with E-state index in [1.165, 1.54) is 22.3 Å². The van der Waals surface area contributed by atoms with Crippen molar-refractivity contribution >= 4 is 12.4 Å². The van der Waals surface area contributed by atoms with Crippen LogP contribution in [0.2, 0.25) is 0 Å². The molecule has 0 aromatic heterocycles. The van der Waals surface area contributed by atoms with Crippen molar-refractivity contribution in [1.82, 2.24) is 5.32 Å². The number of piperidine rings is 1. The molecule has 34 heavy (non-hydrogen) atoms. The van der Waals surface area contributed by atoms with Gasteiger partial charge in [0.05, 0.1) is 32.5 Å². The van der Waals surface area contributed by atoms with E-state index in [1.54, 1.807) is 0 Å². The summed E-state index contributed by atoms with van der Waals surface area (Å²) in [6.45, 7) is 6.67. The number of hydrogen-bond acceptors (Lipinski definition) is 4. The van der Waals surface area contributed by atoms with E-state index in [0.717, 1.165) is 31.7 Å². The van der Waals surface area contributed by atoms with Gasteiger partial charge in [0.15, 0.2) is 0 Å². The zero-order chi connectivity index (χ0) is 22.7. The molecule has 3 aromatic carbocycles. The summed E-state index contributed by atoms with van der Waals surface area (Å²) in [4.78, 5) is 0. The maximum atomic E-state index is 6.33. The van der Waals surface area contributed by atoms with Crippen molar-refractivity contribution in [2.24, 2.45) is 0 Å². The zero-order valence-corrected chi connectivity index (χ0v) is 20.8. The first kappa shape index (κ1) is 26.2. The maximum Gasteiger partial charge on any atom is 0.119 e. The molecule has 0 radical (unpaired) electrons. The number of rotatable bonds is 11. The number of hydrogen-bond donors (Lipinski definition) is 1. The van der Waals surface area contributed by atoms with Crippen molar-refractivity contribution < 1.29 is 14.2 Å². The SMILES string of the molecule is Cc1ccc(COC2CNCCC2c2ccc(OCCCOCc3ccccc3)cc2)cc1.Cl. The molecule has 0 bridgehead atoms. The van der Waals surface area contributed by atoms with E-state index in [-0.39, 0.29) is 18.5 Å². The lowest BCUT2D eigenvalue weighted by Crippen LogP contribution is -2.40. The Morgan fingerprint density at radius 1 is 0.824 bits per heavy atom. The van der Waals surface area contributed by atoms with Crippen LogP contribution in [-0.2, 0) is 22.7 Å². The molecule has 1 saturated heterocycles. The van der Waals surface area contributed by atoms with Gasteiger partial charge in [-0.3, -0.25) is 0 Å². The minimum Gasteiger partial charge on any atom is -0.494 e. The van der Waals surface area contributed by atoms with Gasteiger partial charge in [-0.05, 0) is 48.7 Å². The van der Waals surface area contributed by atoms with Crippen molar-refractivity contribution in [2.75, 3.05) is 26.3 Å². The van der Waals surface area contributed by atoms with Gasteiger partial charge in [0.25, 0.3) is 0 Å². The quantitative estimate of drug-likeness (QED) is 0.338. The Hall–Kier alpha value is -2.37.